The first-order valence-corrected chi connectivity index (χ1v) is 9.19. The number of benzene rings is 1. The van der Waals surface area contributed by atoms with Gasteiger partial charge in [0.25, 0.3) is 5.91 Å². The van der Waals surface area contributed by atoms with Crippen molar-refractivity contribution in [1.82, 2.24) is 15.2 Å². The van der Waals surface area contributed by atoms with Crippen LogP contribution in [0.3, 0.4) is 0 Å². The van der Waals surface area contributed by atoms with Crippen molar-refractivity contribution in [2.24, 2.45) is 0 Å². The number of H-pyrrole nitrogens is 1. The van der Waals surface area contributed by atoms with Crippen LogP contribution in [0, 0.1) is 20.8 Å². The number of hydrogen-bond donors (Lipinski definition) is 2. The normalized spacial score (nSPS) is 11.0. The molecule has 0 bridgehead atoms. The zero-order valence-corrected chi connectivity index (χ0v) is 15.6. The fourth-order valence-electron chi connectivity index (χ4n) is 3.02. The number of aryl methyl sites for hydroxylation is 2. The summed E-state index contributed by atoms with van der Waals surface area (Å²) in [6.07, 6.45) is 0. The van der Waals surface area contributed by atoms with Crippen LogP contribution >= 0.6 is 11.3 Å². The Morgan fingerprint density at radius 1 is 1.15 bits per heavy atom. The van der Waals surface area contributed by atoms with Gasteiger partial charge < -0.3 is 5.32 Å². The molecule has 6 heteroatoms. The Balaban J connectivity index is 1.67. The van der Waals surface area contributed by atoms with E-state index in [4.69, 9.17) is 0 Å². The van der Waals surface area contributed by atoms with Gasteiger partial charge in [0.1, 0.15) is 0 Å². The molecule has 2 N–H and O–H groups in total. The first-order valence-electron chi connectivity index (χ1n) is 8.32. The summed E-state index contributed by atoms with van der Waals surface area (Å²) in [5.74, 6) is 0.341. The molecule has 26 heavy (non-hydrogen) atoms. The van der Waals surface area contributed by atoms with E-state index in [9.17, 15) is 4.79 Å². The van der Waals surface area contributed by atoms with Crippen molar-refractivity contribution in [3.63, 3.8) is 0 Å². The number of pyridine rings is 1. The Morgan fingerprint density at radius 2 is 2.00 bits per heavy atom. The highest BCUT2D eigenvalue weighted by atomic mass is 32.1. The molecule has 1 amide bonds. The van der Waals surface area contributed by atoms with E-state index in [0.717, 1.165) is 32.6 Å². The molecule has 1 aromatic carbocycles. The van der Waals surface area contributed by atoms with E-state index in [-0.39, 0.29) is 5.91 Å². The Kier molecular flexibility index (Phi) is 4.05. The predicted octanol–water partition coefficient (Wildman–Crippen LogP) is 4.86. The number of fused-ring (bicyclic) bond motifs is 1. The van der Waals surface area contributed by atoms with E-state index in [1.165, 1.54) is 0 Å². The third-order valence-electron chi connectivity index (χ3n) is 4.49. The number of carbonyl (C=O) groups is 1. The van der Waals surface area contributed by atoms with Gasteiger partial charge in [0.2, 0.25) is 0 Å². The van der Waals surface area contributed by atoms with Gasteiger partial charge in [-0.3, -0.25) is 14.9 Å². The van der Waals surface area contributed by atoms with Gasteiger partial charge in [-0.1, -0.05) is 24.3 Å². The van der Waals surface area contributed by atoms with Crippen LogP contribution in [0.15, 0.2) is 41.8 Å². The first kappa shape index (κ1) is 16.5. The van der Waals surface area contributed by atoms with Gasteiger partial charge in [-0.2, -0.15) is 5.10 Å². The van der Waals surface area contributed by atoms with E-state index >= 15 is 0 Å². The molecular weight excluding hydrogens is 344 g/mol. The SMILES string of the molecule is Cc1nc2c(C)cccc2cc1C(=O)Nc1n[nH]c(-c2cccs2)c1C. The highest BCUT2D eigenvalue weighted by Gasteiger charge is 2.17. The van der Waals surface area contributed by atoms with Gasteiger partial charge in [0, 0.05) is 10.9 Å². The van der Waals surface area contributed by atoms with Crippen molar-refractivity contribution in [3.8, 4) is 10.6 Å². The van der Waals surface area contributed by atoms with Gasteiger partial charge in [0.05, 0.1) is 27.3 Å². The van der Waals surface area contributed by atoms with Gasteiger partial charge in [-0.15, -0.1) is 11.3 Å². The average molecular weight is 362 g/mol. The molecule has 0 aliphatic rings. The summed E-state index contributed by atoms with van der Waals surface area (Å²) in [5, 5.41) is 13.2. The molecule has 0 radical (unpaired) electrons. The zero-order chi connectivity index (χ0) is 18.3. The summed E-state index contributed by atoms with van der Waals surface area (Å²) in [6.45, 7) is 5.83. The molecule has 0 fully saturated rings. The number of hydrogen-bond acceptors (Lipinski definition) is 4. The number of amides is 1. The lowest BCUT2D eigenvalue weighted by molar-refractivity contribution is 0.102. The number of nitrogens with zero attached hydrogens (tertiary/aromatic N) is 2. The second-order valence-electron chi connectivity index (χ2n) is 6.27. The molecule has 4 aromatic rings. The van der Waals surface area contributed by atoms with Gasteiger partial charge in [-0.05, 0) is 43.8 Å². The molecule has 3 heterocycles. The van der Waals surface area contributed by atoms with E-state index in [2.05, 4.69) is 20.5 Å². The van der Waals surface area contributed by atoms with E-state index in [1.807, 2.05) is 62.5 Å². The molecule has 0 unspecified atom stereocenters. The lowest BCUT2D eigenvalue weighted by Gasteiger charge is -2.09. The highest BCUT2D eigenvalue weighted by molar-refractivity contribution is 7.13. The maximum absolute atomic E-state index is 12.8. The second kappa shape index (κ2) is 6.38. The van der Waals surface area contributed by atoms with Crippen LogP contribution in [-0.4, -0.2) is 21.1 Å². The van der Waals surface area contributed by atoms with Gasteiger partial charge in [0.15, 0.2) is 5.82 Å². The molecule has 130 valence electrons. The Hall–Kier alpha value is -2.99. The number of nitrogens with one attached hydrogen (secondary N) is 2. The maximum Gasteiger partial charge on any atom is 0.258 e. The van der Waals surface area contributed by atoms with E-state index in [1.54, 1.807) is 11.3 Å². The molecule has 0 aliphatic heterocycles. The Morgan fingerprint density at radius 3 is 2.77 bits per heavy atom. The average Bonchev–Trinajstić information content (AvgIpc) is 3.26. The molecule has 0 saturated carbocycles. The van der Waals surface area contributed by atoms with Crippen LogP contribution in [0.4, 0.5) is 5.82 Å². The quantitative estimate of drug-likeness (QED) is 0.546. The monoisotopic (exact) mass is 362 g/mol. The minimum absolute atomic E-state index is 0.203. The molecule has 3 aromatic heterocycles. The van der Waals surface area contributed by atoms with Crippen molar-refractivity contribution in [2.45, 2.75) is 20.8 Å². The Bertz CT molecular complexity index is 1110. The molecule has 0 aliphatic carbocycles. The van der Waals surface area contributed by atoms with E-state index in [0.29, 0.717) is 17.1 Å². The summed E-state index contributed by atoms with van der Waals surface area (Å²) in [5.41, 5.74) is 5.14. The number of aromatic amines is 1. The van der Waals surface area contributed by atoms with Crippen LogP contribution in [0.25, 0.3) is 21.5 Å². The van der Waals surface area contributed by atoms with Crippen LogP contribution < -0.4 is 5.32 Å². The fraction of sp³-hybridized carbons (Fsp3) is 0.150. The van der Waals surface area contributed by atoms with E-state index < -0.39 is 0 Å². The summed E-state index contributed by atoms with van der Waals surface area (Å²) in [4.78, 5) is 18.5. The predicted molar refractivity (Wildman–Crippen MR) is 106 cm³/mol. The largest absolute Gasteiger partial charge is 0.305 e. The number of thiophene rings is 1. The second-order valence-corrected chi connectivity index (χ2v) is 7.22. The zero-order valence-electron chi connectivity index (χ0n) is 14.8. The van der Waals surface area contributed by atoms with Crippen molar-refractivity contribution in [2.75, 3.05) is 5.32 Å². The number of para-hydroxylation sites is 1. The topological polar surface area (TPSA) is 70.7 Å². The molecular formula is C20H18N4OS. The molecule has 5 nitrogen and oxygen atoms in total. The molecule has 0 atom stereocenters. The van der Waals surface area contributed by atoms with Crippen LogP contribution in [0.5, 0.6) is 0 Å². The van der Waals surface area contributed by atoms with Crippen molar-refractivity contribution in [1.29, 1.82) is 0 Å². The first-order chi connectivity index (χ1) is 12.5. The minimum atomic E-state index is -0.203. The van der Waals surface area contributed by atoms with Crippen LogP contribution in [0.2, 0.25) is 0 Å². The van der Waals surface area contributed by atoms with Crippen LogP contribution in [0.1, 0.15) is 27.2 Å². The lowest BCUT2D eigenvalue weighted by Crippen LogP contribution is -2.15. The van der Waals surface area contributed by atoms with Crippen LogP contribution in [-0.2, 0) is 0 Å². The van der Waals surface area contributed by atoms with Gasteiger partial charge in [-0.25, -0.2) is 0 Å². The summed E-state index contributed by atoms with van der Waals surface area (Å²) in [6, 6.07) is 11.9. The molecule has 0 saturated heterocycles. The standard InChI is InChI=1S/C20H18N4OS/c1-11-6-4-7-14-10-15(13(3)21-17(11)14)20(25)22-19-12(2)18(23-24-19)16-8-5-9-26-16/h4-10H,1-3H3,(H2,22,23,24,25). The molecule has 0 spiro atoms. The summed E-state index contributed by atoms with van der Waals surface area (Å²) in [7, 11) is 0. The number of aromatic nitrogens is 3. The van der Waals surface area contributed by atoms with Crippen molar-refractivity contribution >= 4 is 34.0 Å². The number of carbonyl (C=O) groups excluding carboxylic acids is 1. The summed E-state index contributed by atoms with van der Waals surface area (Å²) >= 11 is 1.63. The number of rotatable bonds is 3. The van der Waals surface area contributed by atoms with Crippen molar-refractivity contribution < 1.29 is 4.79 Å². The maximum atomic E-state index is 12.8. The van der Waals surface area contributed by atoms with Crippen molar-refractivity contribution in [3.05, 3.63) is 64.2 Å². The Labute approximate surface area is 155 Å². The molecule has 4 rings (SSSR count). The highest BCUT2D eigenvalue weighted by Crippen LogP contribution is 2.29. The smallest absolute Gasteiger partial charge is 0.258 e. The fourth-order valence-corrected chi connectivity index (χ4v) is 3.80. The summed E-state index contributed by atoms with van der Waals surface area (Å²) < 4.78 is 0. The third-order valence-corrected chi connectivity index (χ3v) is 5.38. The minimum Gasteiger partial charge on any atom is -0.305 e. The third kappa shape index (κ3) is 2.78. The number of anilines is 1. The lowest BCUT2D eigenvalue weighted by atomic mass is 10.1. The van der Waals surface area contributed by atoms with Gasteiger partial charge >= 0.3 is 0 Å².